The molecule has 0 aromatic heterocycles. The second-order valence-electron chi connectivity index (χ2n) is 4.89. The van der Waals surface area contributed by atoms with Crippen molar-refractivity contribution in [3.05, 3.63) is 35.9 Å². The molecule has 1 fully saturated rings. The van der Waals surface area contributed by atoms with E-state index in [1.54, 1.807) is 0 Å². The number of nitrogens with zero attached hydrogens (tertiary/aromatic N) is 1. The van der Waals surface area contributed by atoms with Crippen LogP contribution >= 0.6 is 0 Å². The van der Waals surface area contributed by atoms with Crippen molar-refractivity contribution in [1.82, 2.24) is 4.31 Å². The molecule has 0 spiro atoms. The van der Waals surface area contributed by atoms with E-state index >= 15 is 0 Å². The van der Waals surface area contributed by atoms with Crippen molar-refractivity contribution in [2.45, 2.75) is 31.6 Å². The van der Waals surface area contributed by atoms with E-state index in [-0.39, 0.29) is 4.75 Å². The second kappa shape index (κ2) is 3.72. The summed E-state index contributed by atoms with van der Waals surface area (Å²) in [6, 6.07) is 10.6. The lowest BCUT2D eigenvalue weighted by molar-refractivity contribution is 0.607. The normalized spacial score (nSPS) is 27.4. The predicted octanol–water partition coefficient (Wildman–Crippen LogP) is 2.51. The van der Waals surface area contributed by atoms with Crippen LogP contribution in [0.5, 0.6) is 0 Å². The van der Waals surface area contributed by atoms with Crippen molar-refractivity contribution in [3.63, 3.8) is 0 Å². The summed E-state index contributed by atoms with van der Waals surface area (Å²) >= 11 is 0. The average molecular weight is 223 g/mol. The highest BCUT2D eigenvalue weighted by Crippen LogP contribution is 2.39. The van der Waals surface area contributed by atoms with E-state index in [1.807, 2.05) is 39.0 Å². The molecule has 2 rings (SSSR count). The summed E-state index contributed by atoms with van der Waals surface area (Å²) in [5.41, 5.74) is 1.27. The van der Waals surface area contributed by atoms with Gasteiger partial charge in [-0.1, -0.05) is 30.3 Å². The van der Waals surface area contributed by atoms with Crippen molar-refractivity contribution >= 4 is 11.0 Å². The maximum absolute atomic E-state index is 12.0. The molecule has 1 heterocycles. The van der Waals surface area contributed by atoms with E-state index in [9.17, 15) is 4.21 Å². The fourth-order valence-corrected chi connectivity index (χ4v) is 2.94. The van der Waals surface area contributed by atoms with Gasteiger partial charge in [-0.15, -0.1) is 0 Å². The summed E-state index contributed by atoms with van der Waals surface area (Å²) < 4.78 is 13.9. The lowest BCUT2D eigenvalue weighted by atomic mass is 10.2. The van der Waals surface area contributed by atoms with Crippen LogP contribution in [0.2, 0.25) is 0 Å². The Hall–Kier alpha value is -0.670. The van der Waals surface area contributed by atoms with Gasteiger partial charge in [0.2, 0.25) is 0 Å². The lowest BCUT2D eigenvalue weighted by Gasteiger charge is -2.18. The van der Waals surface area contributed by atoms with E-state index in [0.29, 0.717) is 6.04 Å². The summed E-state index contributed by atoms with van der Waals surface area (Å²) in [4.78, 5) is 0. The fraction of sp³-hybridized carbons (Fsp3) is 0.500. The van der Waals surface area contributed by atoms with E-state index < -0.39 is 11.0 Å². The number of hydrogen-bond acceptors (Lipinski definition) is 1. The number of benzene rings is 1. The van der Waals surface area contributed by atoms with Gasteiger partial charge < -0.3 is 0 Å². The van der Waals surface area contributed by atoms with E-state index in [2.05, 4.69) is 16.4 Å². The zero-order valence-electron chi connectivity index (χ0n) is 9.43. The Morgan fingerprint density at radius 1 is 1.27 bits per heavy atom. The fourth-order valence-electron chi connectivity index (χ4n) is 1.61. The van der Waals surface area contributed by atoms with Crippen molar-refractivity contribution in [2.75, 3.05) is 6.54 Å². The Morgan fingerprint density at radius 3 is 2.40 bits per heavy atom. The Balaban J connectivity index is 2.06. The van der Waals surface area contributed by atoms with Crippen LogP contribution in [0.3, 0.4) is 0 Å². The molecule has 15 heavy (non-hydrogen) atoms. The van der Waals surface area contributed by atoms with Gasteiger partial charge in [0.25, 0.3) is 0 Å². The number of hydrogen-bond donors (Lipinski definition) is 0. The first-order valence-electron chi connectivity index (χ1n) is 5.24. The smallest absolute Gasteiger partial charge is 0.100 e. The lowest BCUT2D eigenvalue weighted by Crippen LogP contribution is -2.27. The van der Waals surface area contributed by atoms with Gasteiger partial charge in [-0.3, -0.25) is 0 Å². The van der Waals surface area contributed by atoms with Gasteiger partial charge in [0, 0.05) is 6.54 Å². The van der Waals surface area contributed by atoms with Crippen LogP contribution in [-0.2, 0) is 11.0 Å². The molecule has 1 aromatic rings. The molecular weight excluding hydrogens is 206 g/mol. The van der Waals surface area contributed by atoms with Crippen LogP contribution in [0.4, 0.5) is 0 Å². The topological polar surface area (TPSA) is 20.1 Å². The molecule has 0 N–H and O–H groups in total. The largest absolute Gasteiger partial charge is 0.242 e. The summed E-state index contributed by atoms with van der Waals surface area (Å²) in [7, 11) is -0.875. The molecule has 0 bridgehead atoms. The minimum Gasteiger partial charge on any atom is -0.242 e. The minimum atomic E-state index is -0.875. The molecule has 1 unspecified atom stereocenters. The van der Waals surface area contributed by atoms with Crippen LogP contribution in [-0.4, -0.2) is 19.8 Å². The standard InChI is InChI=1S/C12H17NOS/c1-12(2,3)15(14)13-9-11(13)10-7-5-4-6-8-10/h4-8,11H,9H2,1-3H3/t11-,13?,15-/m0/s1. The molecule has 0 aliphatic carbocycles. The summed E-state index contributed by atoms with van der Waals surface area (Å²) in [6.07, 6.45) is 0. The zero-order valence-corrected chi connectivity index (χ0v) is 10.3. The molecule has 1 aromatic carbocycles. The van der Waals surface area contributed by atoms with Crippen LogP contribution in [0.1, 0.15) is 32.4 Å². The van der Waals surface area contributed by atoms with E-state index in [0.717, 1.165) is 6.54 Å². The van der Waals surface area contributed by atoms with Crippen LogP contribution in [0.15, 0.2) is 30.3 Å². The Bertz CT molecular complexity index is 369. The van der Waals surface area contributed by atoms with Gasteiger partial charge >= 0.3 is 0 Å². The molecule has 1 aliphatic rings. The Kier molecular flexibility index (Phi) is 2.69. The Labute approximate surface area is 93.9 Å². The van der Waals surface area contributed by atoms with E-state index in [4.69, 9.17) is 0 Å². The van der Waals surface area contributed by atoms with Crippen LogP contribution in [0.25, 0.3) is 0 Å². The highest BCUT2D eigenvalue weighted by molar-refractivity contribution is 7.84. The molecule has 82 valence electrons. The van der Waals surface area contributed by atoms with Gasteiger partial charge in [0.15, 0.2) is 0 Å². The molecule has 2 nitrogen and oxygen atoms in total. The highest BCUT2D eigenvalue weighted by Gasteiger charge is 2.43. The third-order valence-corrected chi connectivity index (χ3v) is 4.37. The van der Waals surface area contributed by atoms with Gasteiger partial charge in [-0.2, -0.15) is 0 Å². The molecule has 0 radical (unpaired) electrons. The molecule has 0 amide bonds. The van der Waals surface area contributed by atoms with Gasteiger partial charge in [0.05, 0.1) is 10.8 Å². The van der Waals surface area contributed by atoms with Gasteiger partial charge in [-0.25, -0.2) is 8.51 Å². The molecule has 3 heteroatoms. The third kappa shape index (κ3) is 2.29. The second-order valence-corrected chi connectivity index (χ2v) is 7.08. The first kappa shape index (κ1) is 10.8. The minimum absolute atomic E-state index is 0.149. The van der Waals surface area contributed by atoms with Crippen molar-refractivity contribution in [1.29, 1.82) is 0 Å². The van der Waals surface area contributed by atoms with Crippen LogP contribution in [0, 0.1) is 0 Å². The molecule has 0 saturated carbocycles. The monoisotopic (exact) mass is 223 g/mol. The quantitative estimate of drug-likeness (QED) is 0.705. The summed E-state index contributed by atoms with van der Waals surface area (Å²) in [6.45, 7) is 6.98. The SMILES string of the molecule is CC(C)(C)[S@](=O)N1C[C@H]1c1ccccc1. The van der Waals surface area contributed by atoms with E-state index in [1.165, 1.54) is 5.56 Å². The predicted molar refractivity (Wildman–Crippen MR) is 63.8 cm³/mol. The van der Waals surface area contributed by atoms with Crippen molar-refractivity contribution < 1.29 is 4.21 Å². The molecule has 1 aliphatic heterocycles. The summed E-state index contributed by atoms with van der Waals surface area (Å²) in [5.74, 6) is 0. The highest BCUT2D eigenvalue weighted by atomic mass is 32.2. The summed E-state index contributed by atoms with van der Waals surface area (Å²) in [5, 5.41) is 0. The number of rotatable bonds is 2. The first-order chi connectivity index (χ1) is 7.00. The molecule has 1 saturated heterocycles. The van der Waals surface area contributed by atoms with Gasteiger partial charge in [0.1, 0.15) is 11.0 Å². The van der Waals surface area contributed by atoms with Crippen LogP contribution < -0.4 is 0 Å². The Morgan fingerprint density at radius 2 is 1.87 bits per heavy atom. The third-order valence-electron chi connectivity index (χ3n) is 2.49. The maximum Gasteiger partial charge on any atom is 0.100 e. The zero-order chi connectivity index (χ0) is 11.1. The first-order valence-corrected chi connectivity index (χ1v) is 6.34. The average Bonchev–Trinajstić information content (AvgIpc) is 2.96. The van der Waals surface area contributed by atoms with Gasteiger partial charge in [-0.05, 0) is 26.3 Å². The molecule has 3 atom stereocenters. The van der Waals surface area contributed by atoms with Crippen molar-refractivity contribution in [2.24, 2.45) is 0 Å². The maximum atomic E-state index is 12.0. The molecular formula is C12H17NOS. The van der Waals surface area contributed by atoms with Crippen molar-refractivity contribution in [3.8, 4) is 0 Å².